The third-order valence-electron chi connectivity index (χ3n) is 2.54. The Morgan fingerprint density at radius 2 is 1.94 bits per heavy atom. The van der Waals surface area contributed by atoms with E-state index < -0.39 is 5.60 Å². The van der Waals surface area contributed by atoms with Gasteiger partial charge in [0.2, 0.25) is 0 Å². The van der Waals surface area contributed by atoms with Crippen molar-refractivity contribution < 1.29 is 9.84 Å². The van der Waals surface area contributed by atoms with Crippen LogP contribution in [0.5, 0.6) is 5.75 Å². The SMILES string of the molecule is CCCCc1ccccc1OC(C)(C)CO. The van der Waals surface area contributed by atoms with E-state index in [1.807, 2.05) is 32.0 Å². The quantitative estimate of drug-likeness (QED) is 0.801. The van der Waals surface area contributed by atoms with Crippen LogP contribution >= 0.6 is 0 Å². The van der Waals surface area contributed by atoms with Crippen LogP contribution in [0, 0.1) is 0 Å². The molecule has 0 radical (unpaired) electrons. The van der Waals surface area contributed by atoms with Crippen LogP contribution in [0.25, 0.3) is 0 Å². The van der Waals surface area contributed by atoms with E-state index in [-0.39, 0.29) is 6.61 Å². The summed E-state index contributed by atoms with van der Waals surface area (Å²) in [6, 6.07) is 8.07. The number of ether oxygens (including phenoxy) is 1. The number of hydrogen-bond donors (Lipinski definition) is 1. The maximum absolute atomic E-state index is 9.20. The van der Waals surface area contributed by atoms with Crippen molar-refractivity contribution >= 4 is 0 Å². The molecule has 0 saturated carbocycles. The van der Waals surface area contributed by atoms with Crippen LogP contribution in [-0.2, 0) is 6.42 Å². The Morgan fingerprint density at radius 3 is 2.56 bits per heavy atom. The number of unbranched alkanes of at least 4 members (excludes halogenated alkanes) is 1. The van der Waals surface area contributed by atoms with E-state index in [0.717, 1.165) is 12.2 Å². The number of rotatable bonds is 6. The van der Waals surface area contributed by atoms with Crippen molar-refractivity contribution in [2.24, 2.45) is 0 Å². The molecule has 0 aliphatic rings. The lowest BCUT2D eigenvalue weighted by molar-refractivity contribution is 0.0404. The molecule has 0 aliphatic heterocycles. The topological polar surface area (TPSA) is 29.5 Å². The third kappa shape index (κ3) is 3.86. The molecule has 2 heteroatoms. The summed E-state index contributed by atoms with van der Waals surface area (Å²) in [7, 11) is 0. The minimum absolute atomic E-state index is 0.0229. The lowest BCUT2D eigenvalue weighted by atomic mass is 10.1. The van der Waals surface area contributed by atoms with Crippen molar-refractivity contribution in [1.82, 2.24) is 0 Å². The van der Waals surface area contributed by atoms with Gasteiger partial charge in [-0.3, -0.25) is 0 Å². The first-order chi connectivity index (χ1) is 7.59. The molecule has 0 aromatic heterocycles. The van der Waals surface area contributed by atoms with Crippen LogP contribution in [0.2, 0.25) is 0 Å². The van der Waals surface area contributed by atoms with E-state index in [1.165, 1.54) is 18.4 Å². The molecular weight excluding hydrogens is 200 g/mol. The molecular formula is C14H22O2. The fourth-order valence-electron chi connectivity index (χ4n) is 1.51. The molecule has 16 heavy (non-hydrogen) atoms. The first-order valence-electron chi connectivity index (χ1n) is 5.97. The van der Waals surface area contributed by atoms with Gasteiger partial charge in [0.15, 0.2) is 0 Å². The maximum Gasteiger partial charge on any atom is 0.126 e. The molecule has 0 aliphatic carbocycles. The molecule has 1 aromatic carbocycles. The van der Waals surface area contributed by atoms with Crippen LogP contribution in [0.15, 0.2) is 24.3 Å². The molecule has 1 N–H and O–H groups in total. The second kappa shape index (κ2) is 5.90. The summed E-state index contributed by atoms with van der Waals surface area (Å²) in [6.45, 7) is 5.99. The van der Waals surface area contributed by atoms with Gasteiger partial charge in [-0.05, 0) is 38.3 Å². The van der Waals surface area contributed by atoms with Gasteiger partial charge in [-0.15, -0.1) is 0 Å². The zero-order valence-electron chi connectivity index (χ0n) is 10.5. The molecule has 0 spiro atoms. The van der Waals surface area contributed by atoms with Crippen LogP contribution in [0.4, 0.5) is 0 Å². The van der Waals surface area contributed by atoms with Crippen LogP contribution < -0.4 is 4.74 Å². The van der Waals surface area contributed by atoms with Crippen molar-refractivity contribution in [3.63, 3.8) is 0 Å². The van der Waals surface area contributed by atoms with Gasteiger partial charge in [-0.2, -0.15) is 0 Å². The fraction of sp³-hybridized carbons (Fsp3) is 0.571. The van der Waals surface area contributed by atoms with Crippen molar-refractivity contribution in [1.29, 1.82) is 0 Å². The molecule has 0 atom stereocenters. The van der Waals surface area contributed by atoms with Crippen molar-refractivity contribution in [3.05, 3.63) is 29.8 Å². The van der Waals surface area contributed by atoms with Gasteiger partial charge >= 0.3 is 0 Å². The van der Waals surface area contributed by atoms with Gasteiger partial charge in [0, 0.05) is 0 Å². The standard InChI is InChI=1S/C14H22O2/c1-4-5-8-12-9-6-7-10-13(12)16-14(2,3)11-15/h6-7,9-10,15H,4-5,8,11H2,1-3H3. The molecule has 0 saturated heterocycles. The summed E-state index contributed by atoms with van der Waals surface area (Å²) < 4.78 is 5.83. The highest BCUT2D eigenvalue weighted by molar-refractivity contribution is 5.33. The van der Waals surface area contributed by atoms with Crippen LogP contribution in [0.1, 0.15) is 39.2 Å². The van der Waals surface area contributed by atoms with Gasteiger partial charge in [0.05, 0.1) is 6.61 Å². The van der Waals surface area contributed by atoms with E-state index in [2.05, 4.69) is 13.0 Å². The molecule has 0 bridgehead atoms. The van der Waals surface area contributed by atoms with Gasteiger partial charge < -0.3 is 9.84 Å². The normalized spacial score (nSPS) is 11.5. The van der Waals surface area contributed by atoms with Gasteiger partial charge in [0.25, 0.3) is 0 Å². The van der Waals surface area contributed by atoms with E-state index in [4.69, 9.17) is 4.74 Å². The van der Waals surface area contributed by atoms with Crippen LogP contribution in [-0.4, -0.2) is 17.3 Å². The molecule has 0 heterocycles. The van der Waals surface area contributed by atoms with E-state index in [1.54, 1.807) is 0 Å². The Morgan fingerprint density at radius 1 is 1.25 bits per heavy atom. The van der Waals surface area contributed by atoms with Crippen molar-refractivity contribution in [2.75, 3.05) is 6.61 Å². The maximum atomic E-state index is 9.20. The average molecular weight is 222 g/mol. The fourth-order valence-corrected chi connectivity index (χ4v) is 1.51. The highest BCUT2D eigenvalue weighted by Crippen LogP contribution is 2.24. The third-order valence-corrected chi connectivity index (χ3v) is 2.54. The Hall–Kier alpha value is -1.02. The number of aliphatic hydroxyl groups excluding tert-OH is 1. The molecule has 1 rings (SSSR count). The summed E-state index contributed by atoms with van der Waals surface area (Å²) >= 11 is 0. The van der Waals surface area contributed by atoms with Gasteiger partial charge in [-0.1, -0.05) is 31.5 Å². The first kappa shape index (κ1) is 13.0. The monoisotopic (exact) mass is 222 g/mol. The zero-order chi connectivity index (χ0) is 12.0. The summed E-state index contributed by atoms with van der Waals surface area (Å²) in [6.07, 6.45) is 3.38. The van der Waals surface area contributed by atoms with Crippen LogP contribution in [0.3, 0.4) is 0 Å². The lowest BCUT2D eigenvalue weighted by Crippen LogP contribution is -2.32. The summed E-state index contributed by atoms with van der Waals surface area (Å²) in [5, 5.41) is 9.20. The number of aliphatic hydroxyl groups is 1. The smallest absolute Gasteiger partial charge is 0.126 e. The Balaban J connectivity index is 2.78. The van der Waals surface area contributed by atoms with Crippen molar-refractivity contribution in [2.45, 2.75) is 45.6 Å². The second-order valence-corrected chi connectivity index (χ2v) is 4.73. The minimum Gasteiger partial charge on any atom is -0.485 e. The molecule has 2 nitrogen and oxygen atoms in total. The van der Waals surface area contributed by atoms with Gasteiger partial charge in [0.1, 0.15) is 11.4 Å². The molecule has 0 fully saturated rings. The zero-order valence-corrected chi connectivity index (χ0v) is 10.5. The molecule has 90 valence electrons. The highest BCUT2D eigenvalue weighted by atomic mass is 16.5. The summed E-state index contributed by atoms with van der Waals surface area (Å²) in [5.41, 5.74) is 0.716. The minimum atomic E-state index is -0.512. The highest BCUT2D eigenvalue weighted by Gasteiger charge is 2.19. The van der Waals surface area contributed by atoms with Crippen molar-refractivity contribution in [3.8, 4) is 5.75 Å². The first-order valence-corrected chi connectivity index (χ1v) is 5.97. The molecule has 0 amide bonds. The predicted molar refractivity (Wildman–Crippen MR) is 66.8 cm³/mol. The summed E-state index contributed by atoms with van der Waals surface area (Å²) in [4.78, 5) is 0. The molecule has 1 aromatic rings. The average Bonchev–Trinajstić information content (AvgIpc) is 2.27. The van der Waals surface area contributed by atoms with E-state index >= 15 is 0 Å². The predicted octanol–water partition coefficient (Wildman–Crippen LogP) is 3.18. The Bertz CT molecular complexity index is 318. The second-order valence-electron chi connectivity index (χ2n) is 4.73. The summed E-state index contributed by atoms with van der Waals surface area (Å²) in [5.74, 6) is 0.898. The number of para-hydroxylation sites is 1. The number of benzene rings is 1. The number of hydrogen-bond acceptors (Lipinski definition) is 2. The number of aryl methyl sites for hydroxylation is 1. The largest absolute Gasteiger partial charge is 0.485 e. The van der Waals surface area contributed by atoms with Gasteiger partial charge in [-0.25, -0.2) is 0 Å². The Labute approximate surface area is 98.3 Å². The van der Waals surface area contributed by atoms with E-state index in [9.17, 15) is 5.11 Å². The molecule has 0 unspecified atom stereocenters. The Kier molecular flexibility index (Phi) is 4.81. The lowest BCUT2D eigenvalue weighted by Gasteiger charge is -2.25. The van der Waals surface area contributed by atoms with E-state index in [0.29, 0.717) is 0 Å².